The number of rotatable bonds is 3. The second-order valence-electron chi connectivity index (χ2n) is 4.78. The Kier molecular flexibility index (Phi) is 4.05. The molecule has 19 heavy (non-hydrogen) atoms. The van der Waals surface area contributed by atoms with E-state index < -0.39 is 0 Å². The Morgan fingerprint density at radius 1 is 1.11 bits per heavy atom. The first-order valence-electron chi connectivity index (χ1n) is 6.25. The molecule has 0 amide bonds. The number of aromatic nitrogens is 2. The largest absolute Gasteiger partial charge is 0.491 e. The van der Waals surface area contributed by atoms with E-state index in [9.17, 15) is 0 Å². The van der Waals surface area contributed by atoms with Crippen LogP contribution in [0, 0.1) is 13.8 Å². The molecule has 0 bridgehead atoms. The van der Waals surface area contributed by atoms with Crippen LogP contribution in [-0.4, -0.2) is 16.3 Å². The van der Waals surface area contributed by atoms with E-state index in [0.29, 0.717) is 5.15 Å². The van der Waals surface area contributed by atoms with Crippen LogP contribution in [0.1, 0.15) is 25.0 Å². The molecular weight excluding hydrogens is 260 g/mol. The Balaban J connectivity index is 2.45. The number of nitrogens with zero attached hydrogens (tertiary/aromatic N) is 2. The van der Waals surface area contributed by atoms with Gasteiger partial charge in [0.25, 0.3) is 0 Å². The molecule has 0 aliphatic rings. The lowest BCUT2D eigenvalue weighted by atomic mass is 10.0. The van der Waals surface area contributed by atoms with Gasteiger partial charge in [-0.2, -0.15) is 0 Å². The Morgan fingerprint density at radius 2 is 1.84 bits per heavy atom. The first kappa shape index (κ1) is 13.8. The number of ether oxygens (including phenoxy) is 1. The van der Waals surface area contributed by atoms with Crippen molar-refractivity contribution >= 4 is 11.6 Å². The lowest BCUT2D eigenvalue weighted by Crippen LogP contribution is -2.05. The van der Waals surface area contributed by atoms with E-state index in [1.165, 1.54) is 0 Å². The summed E-state index contributed by atoms with van der Waals surface area (Å²) in [7, 11) is 0. The summed E-state index contributed by atoms with van der Waals surface area (Å²) in [5.74, 6) is 0.835. The van der Waals surface area contributed by atoms with Gasteiger partial charge in [-0.3, -0.25) is 0 Å². The van der Waals surface area contributed by atoms with E-state index >= 15 is 0 Å². The fourth-order valence-corrected chi connectivity index (χ4v) is 2.02. The van der Waals surface area contributed by atoms with Gasteiger partial charge in [0.2, 0.25) is 0 Å². The van der Waals surface area contributed by atoms with Gasteiger partial charge in [0, 0.05) is 5.56 Å². The average Bonchev–Trinajstić information content (AvgIpc) is 2.36. The summed E-state index contributed by atoms with van der Waals surface area (Å²) in [4.78, 5) is 0. The predicted molar refractivity (Wildman–Crippen MR) is 77.7 cm³/mol. The van der Waals surface area contributed by atoms with Gasteiger partial charge in [0.1, 0.15) is 5.75 Å². The molecule has 1 aromatic heterocycles. The van der Waals surface area contributed by atoms with Crippen LogP contribution in [0.4, 0.5) is 0 Å². The highest BCUT2D eigenvalue weighted by Crippen LogP contribution is 2.28. The zero-order chi connectivity index (χ0) is 14.0. The van der Waals surface area contributed by atoms with Crippen molar-refractivity contribution in [2.45, 2.75) is 33.8 Å². The molecule has 0 saturated heterocycles. The molecule has 0 N–H and O–H groups in total. The van der Waals surface area contributed by atoms with Crippen molar-refractivity contribution in [1.82, 2.24) is 10.2 Å². The minimum atomic E-state index is 0.148. The lowest BCUT2D eigenvalue weighted by Gasteiger charge is -2.12. The fourth-order valence-electron chi connectivity index (χ4n) is 1.84. The van der Waals surface area contributed by atoms with Crippen molar-refractivity contribution < 1.29 is 4.74 Å². The summed E-state index contributed by atoms with van der Waals surface area (Å²) in [6.07, 6.45) is 0.148. The molecule has 3 nitrogen and oxygen atoms in total. The van der Waals surface area contributed by atoms with Crippen molar-refractivity contribution in [3.8, 4) is 17.0 Å². The highest BCUT2D eigenvalue weighted by atomic mass is 35.5. The van der Waals surface area contributed by atoms with Gasteiger partial charge in [-0.15, -0.1) is 10.2 Å². The highest BCUT2D eigenvalue weighted by Gasteiger charge is 2.11. The number of hydrogen-bond acceptors (Lipinski definition) is 3. The smallest absolute Gasteiger partial charge is 0.154 e. The van der Waals surface area contributed by atoms with E-state index in [-0.39, 0.29) is 6.10 Å². The second-order valence-corrected chi connectivity index (χ2v) is 5.14. The molecule has 100 valence electrons. The monoisotopic (exact) mass is 276 g/mol. The summed E-state index contributed by atoms with van der Waals surface area (Å²) in [5, 5.41) is 8.63. The third-order valence-corrected chi connectivity index (χ3v) is 3.30. The maximum absolute atomic E-state index is 5.98. The minimum Gasteiger partial charge on any atom is -0.491 e. The van der Waals surface area contributed by atoms with Gasteiger partial charge < -0.3 is 4.74 Å². The van der Waals surface area contributed by atoms with Crippen LogP contribution < -0.4 is 4.74 Å². The zero-order valence-corrected chi connectivity index (χ0v) is 12.3. The van der Waals surface area contributed by atoms with E-state index in [0.717, 1.165) is 28.1 Å². The van der Waals surface area contributed by atoms with Crippen molar-refractivity contribution in [3.05, 3.63) is 40.5 Å². The van der Waals surface area contributed by atoms with Crippen LogP contribution in [-0.2, 0) is 0 Å². The first-order valence-corrected chi connectivity index (χ1v) is 6.63. The molecule has 0 radical (unpaired) electrons. The van der Waals surface area contributed by atoms with Crippen LogP contribution in [0.3, 0.4) is 0 Å². The third-order valence-electron chi connectivity index (χ3n) is 2.94. The second kappa shape index (κ2) is 5.57. The fraction of sp³-hybridized carbons (Fsp3) is 0.333. The van der Waals surface area contributed by atoms with Crippen LogP contribution in [0.5, 0.6) is 5.75 Å². The Bertz CT molecular complexity index is 597. The van der Waals surface area contributed by atoms with Crippen LogP contribution in [0.25, 0.3) is 11.3 Å². The molecule has 0 aliphatic carbocycles. The molecule has 0 atom stereocenters. The standard InChI is InChI=1S/C15H17ClN2O/c1-9(2)19-13-7-5-6-12(8-13)14-10(3)11(4)15(16)18-17-14/h5-9H,1-4H3. The normalized spacial score (nSPS) is 10.8. The van der Waals surface area contributed by atoms with Gasteiger partial charge in [-0.25, -0.2) is 0 Å². The third kappa shape index (κ3) is 3.04. The number of hydrogen-bond donors (Lipinski definition) is 0. The predicted octanol–water partition coefficient (Wildman–Crippen LogP) is 4.20. The van der Waals surface area contributed by atoms with Gasteiger partial charge in [-0.1, -0.05) is 23.7 Å². The van der Waals surface area contributed by atoms with Crippen molar-refractivity contribution in [1.29, 1.82) is 0 Å². The SMILES string of the molecule is Cc1c(Cl)nnc(-c2cccc(OC(C)C)c2)c1C. The molecule has 0 unspecified atom stereocenters. The van der Waals surface area contributed by atoms with E-state index in [1.807, 2.05) is 52.0 Å². The molecule has 1 aromatic carbocycles. The molecule has 0 saturated carbocycles. The van der Waals surface area contributed by atoms with Crippen LogP contribution >= 0.6 is 11.6 Å². The lowest BCUT2D eigenvalue weighted by molar-refractivity contribution is 0.242. The Hall–Kier alpha value is -1.61. The summed E-state index contributed by atoms with van der Waals surface area (Å²) in [6.45, 7) is 7.96. The summed E-state index contributed by atoms with van der Waals surface area (Å²) < 4.78 is 5.70. The maximum atomic E-state index is 5.98. The molecule has 2 rings (SSSR count). The quantitative estimate of drug-likeness (QED) is 0.843. The first-order chi connectivity index (χ1) is 8.99. The molecule has 2 aromatic rings. The van der Waals surface area contributed by atoms with E-state index in [1.54, 1.807) is 0 Å². The molecule has 4 heteroatoms. The molecule has 0 aliphatic heterocycles. The summed E-state index contributed by atoms with van der Waals surface area (Å²) in [6, 6.07) is 7.87. The van der Waals surface area contributed by atoms with Gasteiger partial charge in [-0.05, 0) is 51.0 Å². The zero-order valence-electron chi connectivity index (χ0n) is 11.6. The van der Waals surface area contributed by atoms with Crippen LogP contribution in [0.15, 0.2) is 24.3 Å². The van der Waals surface area contributed by atoms with Crippen molar-refractivity contribution in [2.75, 3.05) is 0 Å². The Morgan fingerprint density at radius 3 is 2.53 bits per heavy atom. The number of benzene rings is 1. The average molecular weight is 277 g/mol. The van der Waals surface area contributed by atoms with E-state index in [4.69, 9.17) is 16.3 Å². The molecular formula is C15H17ClN2O. The molecule has 1 heterocycles. The molecule has 0 spiro atoms. The summed E-state index contributed by atoms with van der Waals surface area (Å²) >= 11 is 5.98. The highest BCUT2D eigenvalue weighted by molar-refractivity contribution is 6.30. The minimum absolute atomic E-state index is 0.148. The maximum Gasteiger partial charge on any atom is 0.154 e. The van der Waals surface area contributed by atoms with E-state index in [2.05, 4.69) is 10.2 Å². The molecule has 0 fully saturated rings. The van der Waals surface area contributed by atoms with Crippen molar-refractivity contribution in [3.63, 3.8) is 0 Å². The number of halogens is 1. The van der Waals surface area contributed by atoms with Gasteiger partial charge in [0.15, 0.2) is 5.15 Å². The van der Waals surface area contributed by atoms with Gasteiger partial charge >= 0.3 is 0 Å². The topological polar surface area (TPSA) is 35.0 Å². The Labute approximate surface area is 118 Å². The van der Waals surface area contributed by atoms with Crippen molar-refractivity contribution in [2.24, 2.45) is 0 Å². The summed E-state index contributed by atoms with van der Waals surface area (Å²) in [5.41, 5.74) is 3.84. The van der Waals surface area contributed by atoms with Crippen LogP contribution in [0.2, 0.25) is 5.15 Å². The van der Waals surface area contributed by atoms with Gasteiger partial charge in [0.05, 0.1) is 11.8 Å².